The minimum Gasteiger partial charge on any atom is -0.374 e. The van der Waals surface area contributed by atoms with Crippen LogP contribution in [-0.4, -0.2) is 49.3 Å². The van der Waals surface area contributed by atoms with Gasteiger partial charge in [-0.2, -0.15) is 0 Å². The first-order chi connectivity index (χ1) is 9.72. The zero-order valence-electron chi connectivity index (χ0n) is 12.0. The number of fused-ring (bicyclic) bond motifs is 1. The summed E-state index contributed by atoms with van der Waals surface area (Å²) >= 11 is 1.77. The normalized spacial score (nSPS) is 22.2. The van der Waals surface area contributed by atoms with Crippen LogP contribution in [0.4, 0.5) is 0 Å². The fourth-order valence-electron chi connectivity index (χ4n) is 2.46. The second-order valence-corrected chi connectivity index (χ2v) is 6.47. The number of morpholine rings is 1. The molecule has 0 aliphatic carbocycles. The van der Waals surface area contributed by atoms with Crippen LogP contribution in [0, 0.1) is 0 Å². The van der Waals surface area contributed by atoms with Gasteiger partial charge < -0.3 is 15.0 Å². The number of nitrogens with one attached hydrogen (secondary N) is 1. The fourth-order valence-corrected chi connectivity index (χ4v) is 3.46. The number of benzene rings is 1. The van der Waals surface area contributed by atoms with Crippen molar-refractivity contribution < 1.29 is 4.74 Å². The van der Waals surface area contributed by atoms with Crippen LogP contribution < -0.4 is 5.32 Å². The van der Waals surface area contributed by atoms with Crippen molar-refractivity contribution in [2.24, 2.45) is 0 Å². The van der Waals surface area contributed by atoms with Crippen LogP contribution in [0.3, 0.4) is 0 Å². The number of para-hydroxylation sites is 1. The first-order valence-corrected chi connectivity index (χ1v) is 7.93. The van der Waals surface area contributed by atoms with Gasteiger partial charge in [0.25, 0.3) is 0 Å². The van der Waals surface area contributed by atoms with Crippen molar-refractivity contribution in [2.45, 2.75) is 19.1 Å². The Morgan fingerprint density at radius 2 is 2.35 bits per heavy atom. The van der Waals surface area contributed by atoms with E-state index in [1.54, 1.807) is 11.3 Å². The van der Waals surface area contributed by atoms with Crippen molar-refractivity contribution >= 4 is 21.6 Å². The highest BCUT2D eigenvalue weighted by Gasteiger charge is 2.19. The maximum Gasteiger partial charge on any atom is 0.111 e. The van der Waals surface area contributed by atoms with Gasteiger partial charge in [-0.25, -0.2) is 4.98 Å². The molecule has 0 saturated carbocycles. The lowest BCUT2D eigenvalue weighted by Gasteiger charge is -2.30. The second-order valence-electron chi connectivity index (χ2n) is 5.40. The molecule has 0 amide bonds. The third-order valence-corrected chi connectivity index (χ3v) is 4.89. The van der Waals surface area contributed by atoms with E-state index >= 15 is 0 Å². The van der Waals surface area contributed by atoms with E-state index in [0.29, 0.717) is 0 Å². The van der Waals surface area contributed by atoms with Crippen LogP contribution in [0.1, 0.15) is 18.0 Å². The number of aromatic nitrogens is 1. The molecule has 108 valence electrons. The van der Waals surface area contributed by atoms with Crippen molar-refractivity contribution in [1.82, 2.24) is 15.2 Å². The predicted octanol–water partition coefficient (Wildman–Crippen LogP) is 2.28. The van der Waals surface area contributed by atoms with E-state index in [1.807, 2.05) is 6.07 Å². The van der Waals surface area contributed by atoms with Crippen molar-refractivity contribution in [3.8, 4) is 0 Å². The third kappa shape index (κ3) is 3.17. The molecule has 1 aliphatic rings. The lowest BCUT2D eigenvalue weighted by atomic mass is 10.2. The highest BCUT2D eigenvalue weighted by atomic mass is 32.1. The van der Waals surface area contributed by atoms with Crippen LogP contribution in [0.15, 0.2) is 24.3 Å². The van der Waals surface area contributed by atoms with Gasteiger partial charge in [0.05, 0.1) is 29.0 Å². The summed E-state index contributed by atoms with van der Waals surface area (Å²) in [5, 5.41) is 4.69. The standard InChI is InChI=1S/C15H21N3OS/c1-11(16-9-12-10-18(2)7-8-19-12)15-17-13-5-3-4-6-14(13)20-15/h3-6,11-12,16H,7-10H2,1-2H3. The minimum absolute atomic E-state index is 0.267. The van der Waals surface area contributed by atoms with Crippen molar-refractivity contribution in [1.29, 1.82) is 0 Å². The average Bonchev–Trinajstić information content (AvgIpc) is 2.89. The highest BCUT2D eigenvalue weighted by Crippen LogP contribution is 2.25. The molecule has 5 heteroatoms. The number of ether oxygens (including phenoxy) is 1. The summed E-state index contributed by atoms with van der Waals surface area (Å²) in [5.41, 5.74) is 1.09. The van der Waals surface area contributed by atoms with Crippen LogP contribution in [0.5, 0.6) is 0 Å². The van der Waals surface area contributed by atoms with Crippen molar-refractivity contribution in [2.75, 3.05) is 33.3 Å². The van der Waals surface area contributed by atoms with Crippen molar-refractivity contribution in [3.63, 3.8) is 0 Å². The van der Waals surface area contributed by atoms with Gasteiger partial charge in [-0.15, -0.1) is 11.3 Å². The van der Waals surface area contributed by atoms with Crippen molar-refractivity contribution in [3.05, 3.63) is 29.3 Å². The molecule has 20 heavy (non-hydrogen) atoms. The monoisotopic (exact) mass is 291 g/mol. The van der Waals surface area contributed by atoms with E-state index in [2.05, 4.69) is 42.4 Å². The molecule has 1 fully saturated rings. The van der Waals surface area contributed by atoms with Crippen LogP contribution in [0.25, 0.3) is 10.2 Å². The second kappa shape index (κ2) is 6.18. The molecule has 2 atom stereocenters. The summed E-state index contributed by atoms with van der Waals surface area (Å²) in [5.74, 6) is 0. The average molecular weight is 291 g/mol. The molecule has 0 radical (unpaired) electrons. The molecule has 1 aromatic carbocycles. The summed E-state index contributed by atoms with van der Waals surface area (Å²) in [7, 11) is 2.15. The lowest BCUT2D eigenvalue weighted by molar-refractivity contribution is -0.0190. The quantitative estimate of drug-likeness (QED) is 0.938. The molecule has 1 aliphatic heterocycles. The Morgan fingerprint density at radius 1 is 1.50 bits per heavy atom. The number of hydrogen-bond acceptors (Lipinski definition) is 5. The smallest absolute Gasteiger partial charge is 0.111 e. The van der Waals surface area contributed by atoms with Gasteiger partial charge >= 0.3 is 0 Å². The molecular weight excluding hydrogens is 270 g/mol. The summed E-state index contributed by atoms with van der Waals surface area (Å²) < 4.78 is 7.03. The molecule has 2 unspecified atom stereocenters. The van der Waals surface area contributed by atoms with E-state index in [0.717, 1.165) is 36.8 Å². The number of thiazole rings is 1. The van der Waals surface area contributed by atoms with E-state index < -0.39 is 0 Å². The predicted molar refractivity (Wildman–Crippen MR) is 83.3 cm³/mol. The fraction of sp³-hybridized carbons (Fsp3) is 0.533. The highest BCUT2D eigenvalue weighted by molar-refractivity contribution is 7.18. The Labute approximate surface area is 123 Å². The van der Waals surface area contributed by atoms with E-state index in [-0.39, 0.29) is 12.1 Å². The van der Waals surface area contributed by atoms with Gasteiger partial charge in [0, 0.05) is 19.6 Å². The SMILES string of the molecule is CC(NCC1CN(C)CCO1)c1nc2ccccc2s1. The Bertz CT molecular complexity index is 538. The Hall–Kier alpha value is -1.01. The van der Waals surface area contributed by atoms with Gasteiger partial charge in [-0.1, -0.05) is 12.1 Å². The Balaban J connectivity index is 1.59. The first kappa shape index (κ1) is 13.9. The Morgan fingerprint density at radius 3 is 3.15 bits per heavy atom. The summed E-state index contributed by atoms with van der Waals surface area (Å²) in [6, 6.07) is 8.57. The number of rotatable bonds is 4. The molecule has 2 heterocycles. The number of nitrogens with zero attached hydrogens (tertiary/aromatic N) is 2. The molecule has 1 aromatic heterocycles. The lowest BCUT2D eigenvalue weighted by Crippen LogP contribution is -2.45. The molecule has 4 nitrogen and oxygen atoms in total. The summed E-state index contributed by atoms with van der Waals surface area (Å²) in [6.07, 6.45) is 0.283. The van der Waals surface area contributed by atoms with Gasteiger partial charge in [0.15, 0.2) is 0 Å². The maximum absolute atomic E-state index is 5.77. The summed E-state index contributed by atoms with van der Waals surface area (Å²) in [4.78, 5) is 7.01. The molecule has 1 N–H and O–H groups in total. The number of likely N-dealkylation sites (N-methyl/N-ethyl adjacent to an activating group) is 1. The molecule has 1 saturated heterocycles. The summed E-state index contributed by atoms with van der Waals surface area (Å²) in [6.45, 7) is 5.91. The molecule has 3 rings (SSSR count). The number of hydrogen-bond donors (Lipinski definition) is 1. The van der Waals surface area contributed by atoms with Gasteiger partial charge in [-0.05, 0) is 26.1 Å². The van der Waals surface area contributed by atoms with E-state index in [1.165, 1.54) is 4.70 Å². The molecule has 0 bridgehead atoms. The maximum atomic E-state index is 5.77. The molecular formula is C15H21N3OS. The van der Waals surface area contributed by atoms with Crippen LogP contribution in [0.2, 0.25) is 0 Å². The first-order valence-electron chi connectivity index (χ1n) is 7.11. The van der Waals surface area contributed by atoms with Crippen LogP contribution in [-0.2, 0) is 4.74 Å². The largest absolute Gasteiger partial charge is 0.374 e. The minimum atomic E-state index is 0.267. The molecule has 0 spiro atoms. The third-order valence-electron chi connectivity index (χ3n) is 3.67. The van der Waals surface area contributed by atoms with E-state index in [4.69, 9.17) is 9.72 Å². The Kier molecular flexibility index (Phi) is 4.31. The zero-order chi connectivity index (χ0) is 13.9. The van der Waals surface area contributed by atoms with Gasteiger partial charge in [0.1, 0.15) is 5.01 Å². The van der Waals surface area contributed by atoms with Gasteiger partial charge in [0.2, 0.25) is 0 Å². The van der Waals surface area contributed by atoms with Crippen LogP contribution >= 0.6 is 11.3 Å². The van der Waals surface area contributed by atoms with Gasteiger partial charge in [-0.3, -0.25) is 0 Å². The topological polar surface area (TPSA) is 37.4 Å². The molecule has 2 aromatic rings. The zero-order valence-corrected chi connectivity index (χ0v) is 12.8. The van der Waals surface area contributed by atoms with E-state index in [9.17, 15) is 0 Å².